The highest BCUT2D eigenvalue weighted by atomic mass is 16.2. The Kier molecular flexibility index (Phi) is 4.27. The van der Waals surface area contributed by atoms with Crippen molar-refractivity contribution in [3.8, 4) is 0 Å². The fourth-order valence-corrected chi connectivity index (χ4v) is 2.15. The summed E-state index contributed by atoms with van der Waals surface area (Å²) in [6.45, 7) is 2.53. The Labute approximate surface area is 91.0 Å². The molecule has 1 aliphatic rings. The molecule has 1 amide bonds. The lowest BCUT2D eigenvalue weighted by Gasteiger charge is -2.25. The average molecular weight is 212 g/mol. The van der Waals surface area contributed by atoms with Crippen molar-refractivity contribution in [1.82, 2.24) is 10.2 Å². The third-order valence-electron chi connectivity index (χ3n) is 3.06. The van der Waals surface area contributed by atoms with Gasteiger partial charge in [-0.05, 0) is 19.9 Å². The van der Waals surface area contributed by atoms with Gasteiger partial charge in [0.15, 0.2) is 0 Å². The predicted octanol–water partition coefficient (Wildman–Crippen LogP) is 0.422. The quantitative estimate of drug-likeness (QED) is 0.735. The molecular weight excluding hydrogens is 192 g/mol. The first-order valence-electron chi connectivity index (χ1n) is 5.50. The molecule has 0 aromatic carbocycles. The summed E-state index contributed by atoms with van der Waals surface area (Å²) >= 11 is 0. The number of carbonyl (C=O) groups is 2. The number of hydrogen-bond acceptors (Lipinski definition) is 3. The number of amides is 1. The first kappa shape index (κ1) is 12.2. The van der Waals surface area contributed by atoms with Gasteiger partial charge in [0.1, 0.15) is 5.78 Å². The van der Waals surface area contributed by atoms with E-state index in [0.29, 0.717) is 18.7 Å². The van der Waals surface area contributed by atoms with Crippen LogP contribution in [-0.2, 0) is 9.59 Å². The van der Waals surface area contributed by atoms with E-state index in [9.17, 15) is 9.59 Å². The van der Waals surface area contributed by atoms with E-state index in [-0.39, 0.29) is 17.9 Å². The maximum Gasteiger partial charge on any atom is 0.223 e. The number of Topliss-reactive ketones (excluding diaryl/α,β-unsaturated/α-hetero) is 1. The fraction of sp³-hybridized carbons (Fsp3) is 0.818. The number of rotatable bonds is 4. The number of nitrogens with zero attached hydrogens (tertiary/aromatic N) is 1. The molecule has 0 aromatic heterocycles. The van der Waals surface area contributed by atoms with E-state index < -0.39 is 0 Å². The van der Waals surface area contributed by atoms with Crippen molar-refractivity contribution in [3.63, 3.8) is 0 Å². The molecule has 4 heteroatoms. The first-order chi connectivity index (χ1) is 7.06. The minimum Gasteiger partial charge on any atom is -0.359 e. The summed E-state index contributed by atoms with van der Waals surface area (Å²) in [7, 11) is 3.56. The van der Waals surface area contributed by atoms with Crippen LogP contribution in [-0.4, -0.2) is 43.3 Å². The molecule has 1 fully saturated rings. The highest BCUT2D eigenvalue weighted by Gasteiger charge is 2.29. The van der Waals surface area contributed by atoms with Crippen LogP contribution in [0.15, 0.2) is 0 Å². The van der Waals surface area contributed by atoms with Crippen molar-refractivity contribution in [3.05, 3.63) is 0 Å². The molecule has 0 aliphatic heterocycles. The maximum atomic E-state index is 11.5. The van der Waals surface area contributed by atoms with Gasteiger partial charge in [0, 0.05) is 25.9 Å². The lowest BCUT2D eigenvalue weighted by molar-refractivity contribution is -0.126. The fourth-order valence-electron chi connectivity index (χ4n) is 2.15. The number of carbonyl (C=O) groups excluding carboxylic acids is 2. The largest absolute Gasteiger partial charge is 0.359 e. The van der Waals surface area contributed by atoms with Crippen molar-refractivity contribution in [2.45, 2.75) is 32.2 Å². The molecule has 1 aliphatic carbocycles. The van der Waals surface area contributed by atoms with E-state index in [1.807, 2.05) is 18.9 Å². The van der Waals surface area contributed by atoms with Gasteiger partial charge in [-0.3, -0.25) is 14.5 Å². The van der Waals surface area contributed by atoms with Gasteiger partial charge < -0.3 is 5.32 Å². The van der Waals surface area contributed by atoms with Crippen LogP contribution < -0.4 is 5.32 Å². The van der Waals surface area contributed by atoms with Crippen LogP contribution in [0.2, 0.25) is 0 Å². The first-order valence-corrected chi connectivity index (χ1v) is 5.50. The Morgan fingerprint density at radius 3 is 2.80 bits per heavy atom. The van der Waals surface area contributed by atoms with Crippen LogP contribution in [0.4, 0.5) is 0 Å². The van der Waals surface area contributed by atoms with E-state index in [1.165, 1.54) is 0 Å². The van der Waals surface area contributed by atoms with E-state index in [4.69, 9.17) is 0 Å². The average Bonchev–Trinajstić information content (AvgIpc) is 2.63. The molecule has 0 saturated heterocycles. The predicted molar refractivity (Wildman–Crippen MR) is 58.5 cm³/mol. The van der Waals surface area contributed by atoms with Gasteiger partial charge in [0.2, 0.25) is 5.91 Å². The molecule has 4 nitrogen and oxygen atoms in total. The minimum atomic E-state index is -0.0617. The maximum absolute atomic E-state index is 11.5. The van der Waals surface area contributed by atoms with Crippen LogP contribution in [0.5, 0.6) is 0 Å². The minimum absolute atomic E-state index is 0.0345. The Morgan fingerprint density at radius 2 is 2.33 bits per heavy atom. The van der Waals surface area contributed by atoms with Crippen molar-refractivity contribution >= 4 is 11.7 Å². The second-order valence-corrected chi connectivity index (χ2v) is 4.33. The van der Waals surface area contributed by atoms with Crippen LogP contribution in [0.3, 0.4) is 0 Å². The molecule has 1 saturated carbocycles. The third kappa shape index (κ3) is 3.02. The topological polar surface area (TPSA) is 49.4 Å². The summed E-state index contributed by atoms with van der Waals surface area (Å²) in [5.74, 6) is 0.294. The van der Waals surface area contributed by atoms with Gasteiger partial charge in [-0.25, -0.2) is 0 Å². The van der Waals surface area contributed by atoms with Gasteiger partial charge in [-0.1, -0.05) is 6.92 Å². The molecule has 1 N–H and O–H groups in total. The molecule has 15 heavy (non-hydrogen) atoms. The molecule has 1 rings (SSSR count). The summed E-state index contributed by atoms with van der Waals surface area (Å²) in [6.07, 6.45) is 2.63. The molecular formula is C11H20N2O2. The number of likely N-dealkylation sites (N-methyl/N-ethyl adjacent to an activating group) is 1. The highest BCUT2D eigenvalue weighted by molar-refractivity contribution is 5.86. The van der Waals surface area contributed by atoms with Gasteiger partial charge in [-0.2, -0.15) is 0 Å². The standard InChI is InChI=1S/C11H20N2O2/c1-8(11(15)12-2)7-13(3)9-5-4-6-10(9)14/h8-9H,4-7H2,1-3H3,(H,12,15). The van der Waals surface area contributed by atoms with E-state index in [1.54, 1.807) is 7.05 Å². The number of hydrogen-bond donors (Lipinski definition) is 1. The monoisotopic (exact) mass is 212 g/mol. The van der Waals surface area contributed by atoms with E-state index in [0.717, 1.165) is 12.8 Å². The molecule has 0 aromatic rings. The normalized spacial score (nSPS) is 23.2. The number of nitrogens with one attached hydrogen (secondary N) is 1. The molecule has 0 bridgehead atoms. The smallest absolute Gasteiger partial charge is 0.223 e. The lowest BCUT2D eigenvalue weighted by Crippen LogP contribution is -2.41. The molecule has 2 atom stereocenters. The van der Waals surface area contributed by atoms with Crippen LogP contribution in [0, 0.1) is 5.92 Å². The molecule has 2 unspecified atom stereocenters. The SMILES string of the molecule is CNC(=O)C(C)CN(C)C1CCCC1=O. The van der Waals surface area contributed by atoms with Gasteiger partial charge in [0.05, 0.1) is 6.04 Å². The summed E-state index contributed by atoms with van der Waals surface area (Å²) in [6, 6.07) is 0.0390. The zero-order valence-electron chi connectivity index (χ0n) is 9.75. The van der Waals surface area contributed by atoms with E-state index in [2.05, 4.69) is 5.32 Å². The Hall–Kier alpha value is -0.900. The summed E-state index contributed by atoms with van der Waals surface area (Å²) in [5.41, 5.74) is 0. The van der Waals surface area contributed by atoms with Gasteiger partial charge >= 0.3 is 0 Å². The second kappa shape index (κ2) is 5.26. The van der Waals surface area contributed by atoms with Crippen LogP contribution in [0.1, 0.15) is 26.2 Å². The van der Waals surface area contributed by atoms with Gasteiger partial charge in [-0.15, -0.1) is 0 Å². The summed E-state index contributed by atoms with van der Waals surface area (Å²) in [5, 5.41) is 2.62. The Morgan fingerprint density at radius 1 is 1.67 bits per heavy atom. The van der Waals surface area contributed by atoms with Crippen LogP contribution >= 0.6 is 0 Å². The zero-order chi connectivity index (χ0) is 11.4. The summed E-state index contributed by atoms with van der Waals surface area (Å²) in [4.78, 5) is 24.8. The molecule has 0 radical (unpaired) electrons. The van der Waals surface area contributed by atoms with Gasteiger partial charge in [0.25, 0.3) is 0 Å². The Bertz CT molecular complexity index is 253. The summed E-state index contributed by atoms with van der Waals surface area (Å²) < 4.78 is 0. The van der Waals surface area contributed by atoms with E-state index >= 15 is 0 Å². The van der Waals surface area contributed by atoms with Crippen LogP contribution in [0.25, 0.3) is 0 Å². The van der Waals surface area contributed by atoms with Crippen molar-refractivity contribution in [1.29, 1.82) is 0 Å². The third-order valence-corrected chi connectivity index (χ3v) is 3.06. The van der Waals surface area contributed by atoms with Crippen molar-refractivity contribution in [2.24, 2.45) is 5.92 Å². The molecule has 0 heterocycles. The van der Waals surface area contributed by atoms with Crippen molar-refractivity contribution in [2.75, 3.05) is 20.6 Å². The van der Waals surface area contributed by atoms with Crippen molar-refractivity contribution < 1.29 is 9.59 Å². The highest BCUT2D eigenvalue weighted by Crippen LogP contribution is 2.19. The lowest BCUT2D eigenvalue weighted by atomic mass is 10.1. The molecule has 86 valence electrons. The zero-order valence-corrected chi connectivity index (χ0v) is 9.75. The second-order valence-electron chi connectivity index (χ2n) is 4.33. The molecule has 0 spiro atoms. The Balaban J connectivity index is 2.44. The number of ketones is 1.